The van der Waals surface area contributed by atoms with E-state index < -0.39 is 0 Å². The minimum absolute atomic E-state index is 0.689. The Balaban J connectivity index is 3.12. The van der Waals surface area contributed by atoms with Crippen LogP contribution in [0, 0.1) is 0 Å². The lowest BCUT2D eigenvalue weighted by Crippen LogP contribution is -2.28. The van der Waals surface area contributed by atoms with Gasteiger partial charge in [-0.3, -0.25) is 0 Å². The summed E-state index contributed by atoms with van der Waals surface area (Å²) < 4.78 is 5.63. The lowest BCUT2D eigenvalue weighted by atomic mass is 10.1. The van der Waals surface area contributed by atoms with Crippen LogP contribution in [0.4, 0.5) is 0 Å². The van der Waals surface area contributed by atoms with E-state index in [9.17, 15) is 0 Å². The molecule has 0 amide bonds. The summed E-state index contributed by atoms with van der Waals surface area (Å²) in [6, 6.07) is 0.689. The minimum atomic E-state index is 0.689. The highest BCUT2D eigenvalue weighted by atomic mass is 16.5. The second-order valence-corrected chi connectivity index (χ2v) is 4.48. The van der Waals surface area contributed by atoms with E-state index in [0.29, 0.717) is 6.04 Å². The Labute approximate surface area is 102 Å². The molecule has 0 spiro atoms. The Hall–Kier alpha value is -0.0800. The first-order valence-electron chi connectivity index (χ1n) is 7.16. The van der Waals surface area contributed by atoms with Gasteiger partial charge in [0, 0.05) is 19.3 Å². The number of hydrogen-bond donors (Lipinski definition) is 1. The number of nitrogens with one attached hydrogen (secondary N) is 1. The van der Waals surface area contributed by atoms with Crippen LogP contribution in [0.2, 0.25) is 0 Å². The van der Waals surface area contributed by atoms with Crippen LogP contribution in [0.3, 0.4) is 0 Å². The van der Waals surface area contributed by atoms with Gasteiger partial charge in [0.2, 0.25) is 0 Å². The standard InChI is InChI=1S/C14H31NO/c1-4-7-8-9-12-16-13-10-11-14(5-2)15-6-3/h14-15H,4-13H2,1-3H3. The molecule has 0 aromatic carbocycles. The van der Waals surface area contributed by atoms with Crippen molar-refractivity contribution in [2.45, 2.75) is 71.8 Å². The molecule has 2 nitrogen and oxygen atoms in total. The van der Waals surface area contributed by atoms with Crippen LogP contribution >= 0.6 is 0 Å². The van der Waals surface area contributed by atoms with Gasteiger partial charge in [-0.2, -0.15) is 0 Å². The molecule has 0 fully saturated rings. The molecule has 0 heterocycles. The van der Waals surface area contributed by atoms with Gasteiger partial charge in [0.25, 0.3) is 0 Å². The van der Waals surface area contributed by atoms with Crippen molar-refractivity contribution >= 4 is 0 Å². The highest BCUT2D eigenvalue weighted by Gasteiger charge is 2.02. The number of unbranched alkanes of at least 4 members (excludes halogenated alkanes) is 3. The van der Waals surface area contributed by atoms with Crippen LogP contribution < -0.4 is 5.32 Å². The maximum Gasteiger partial charge on any atom is 0.0466 e. The van der Waals surface area contributed by atoms with E-state index in [-0.39, 0.29) is 0 Å². The van der Waals surface area contributed by atoms with Crippen molar-refractivity contribution in [2.75, 3.05) is 19.8 Å². The molecule has 0 aliphatic carbocycles. The fourth-order valence-electron chi connectivity index (χ4n) is 1.90. The zero-order valence-electron chi connectivity index (χ0n) is 11.6. The largest absolute Gasteiger partial charge is 0.381 e. The molecule has 1 N–H and O–H groups in total. The quantitative estimate of drug-likeness (QED) is 0.515. The summed E-state index contributed by atoms with van der Waals surface area (Å²) in [6.07, 6.45) is 8.88. The maximum absolute atomic E-state index is 5.63. The third kappa shape index (κ3) is 10.4. The molecule has 0 saturated carbocycles. The normalized spacial score (nSPS) is 12.9. The third-order valence-electron chi connectivity index (χ3n) is 2.97. The highest BCUT2D eigenvalue weighted by Crippen LogP contribution is 2.03. The van der Waals surface area contributed by atoms with Gasteiger partial charge in [-0.15, -0.1) is 0 Å². The van der Waals surface area contributed by atoms with E-state index in [0.717, 1.165) is 19.8 Å². The van der Waals surface area contributed by atoms with Gasteiger partial charge >= 0.3 is 0 Å². The molecule has 0 radical (unpaired) electrons. The van der Waals surface area contributed by atoms with Gasteiger partial charge in [-0.25, -0.2) is 0 Å². The number of ether oxygens (including phenoxy) is 1. The average molecular weight is 229 g/mol. The Kier molecular flexibility index (Phi) is 12.9. The van der Waals surface area contributed by atoms with Crippen molar-refractivity contribution in [3.05, 3.63) is 0 Å². The van der Waals surface area contributed by atoms with E-state index in [2.05, 4.69) is 26.1 Å². The van der Waals surface area contributed by atoms with E-state index in [4.69, 9.17) is 4.74 Å². The van der Waals surface area contributed by atoms with Crippen LogP contribution in [0.5, 0.6) is 0 Å². The molecule has 0 aromatic rings. The smallest absolute Gasteiger partial charge is 0.0466 e. The SMILES string of the molecule is CCCCCCOCCCC(CC)NCC. The van der Waals surface area contributed by atoms with Gasteiger partial charge in [0.05, 0.1) is 0 Å². The van der Waals surface area contributed by atoms with Gasteiger partial charge in [0.15, 0.2) is 0 Å². The van der Waals surface area contributed by atoms with Crippen molar-refractivity contribution in [2.24, 2.45) is 0 Å². The summed E-state index contributed by atoms with van der Waals surface area (Å²) in [5.41, 5.74) is 0. The zero-order chi connectivity index (χ0) is 12.1. The second-order valence-electron chi connectivity index (χ2n) is 4.48. The van der Waals surface area contributed by atoms with E-state index in [1.165, 1.54) is 44.9 Å². The molecular formula is C14H31NO. The van der Waals surface area contributed by atoms with Gasteiger partial charge < -0.3 is 10.1 Å². The molecular weight excluding hydrogens is 198 g/mol. The Morgan fingerprint density at radius 3 is 2.31 bits per heavy atom. The highest BCUT2D eigenvalue weighted by molar-refractivity contribution is 4.63. The summed E-state index contributed by atoms with van der Waals surface area (Å²) in [5.74, 6) is 0. The summed E-state index contributed by atoms with van der Waals surface area (Å²) in [5, 5.41) is 3.50. The first kappa shape index (κ1) is 15.9. The van der Waals surface area contributed by atoms with Crippen molar-refractivity contribution in [1.82, 2.24) is 5.32 Å². The van der Waals surface area contributed by atoms with Crippen molar-refractivity contribution in [1.29, 1.82) is 0 Å². The van der Waals surface area contributed by atoms with Crippen LogP contribution in [0.25, 0.3) is 0 Å². The van der Waals surface area contributed by atoms with E-state index in [1.54, 1.807) is 0 Å². The summed E-state index contributed by atoms with van der Waals surface area (Å²) in [7, 11) is 0. The van der Waals surface area contributed by atoms with Crippen molar-refractivity contribution in [3.8, 4) is 0 Å². The molecule has 1 atom stereocenters. The predicted octanol–water partition coefficient (Wildman–Crippen LogP) is 3.75. The van der Waals surface area contributed by atoms with Crippen LogP contribution in [-0.2, 0) is 4.74 Å². The number of hydrogen-bond acceptors (Lipinski definition) is 2. The minimum Gasteiger partial charge on any atom is -0.381 e. The molecule has 0 bridgehead atoms. The van der Waals surface area contributed by atoms with Crippen LogP contribution in [-0.4, -0.2) is 25.8 Å². The van der Waals surface area contributed by atoms with Crippen molar-refractivity contribution < 1.29 is 4.74 Å². The summed E-state index contributed by atoms with van der Waals surface area (Å²) in [6.45, 7) is 9.64. The predicted molar refractivity (Wildman–Crippen MR) is 72.0 cm³/mol. The molecule has 0 aromatic heterocycles. The fourth-order valence-corrected chi connectivity index (χ4v) is 1.90. The molecule has 1 unspecified atom stereocenters. The van der Waals surface area contributed by atoms with Crippen LogP contribution in [0.1, 0.15) is 65.7 Å². The lowest BCUT2D eigenvalue weighted by molar-refractivity contribution is 0.124. The summed E-state index contributed by atoms with van der Waals surface area (Å²) in [4.78, 5) is 0. The molecule has 16 heavy (non-hydrogen) atoms. The van der Waals surface area contributed by atoms with E-state index in [1.807, 2.05) is 0 Å². The monoisotopic (exact) mass is 229 g/mol. The first-order chi connectivity index (χ1) is 7.85. The fraction of sp³-hybridized carbons (Fsp3) is 1.00. The topological polar surface area (TPSA) is 21.3 Å². The molecule has 2 heteroatoms. The van der Waals surface area contributed by atoms with Crippen molar-refractivity contribution in [3.63, 3.8) is 0 Å². The van der Waals surface area contributed by atoms with Crippen LogP contribution in [0.15, 0.2) is 0 Å². The van der Waals surface area contributed by atoms with Gasteiger partial charge in [-0.05, 0) is 32.2 Å². The number of rotatable bonds is 12. The molecule has 0 saturated heterocycles. The Bertz CT molecular complexity index is 128. The second kappa shape index (κ2) is 13.0. The summed E-state index contributed by atoms with van der Waals surface area (Å²) >= 11 is 0. The van der Waals surface area contributed by atoms with Gasteiger partial charge in [-0.1, -0.05) is 40.0 Å². The van der Waals surface area contributed by atoms with Gasteiger partial charge in [0.1, 0.15) is 0 Å². The molecule has 0 aliphatic rings. The Morgan fingerprint density at radius 2 is 1.69 bits per heavy atom. The lowest BCUT2D eigenvalue weighted by Gasteiger charge is -2.15. The maximum atomic E-state index is 5.63. The third-order valence-corrected chi connectivity index (χ3v) is 2.97. The zero-order valence-corrected chi connectivity index (χ0v) is 11.6. The molecule has 98 valence electrons. The van der Waals surface area contributed by atoms with E-state index >= 15 is 0 Å². The Morgan fingerprint density at radius 1 is 0.938 bits per heavy atom. The molecule has 0 rings (SSSR count). The first-order valence-corrected chi connectivity index (χ1v) is 7.16. The average Bonchev–Trinajstić information content (AvgIpc) is 2.31. The molecule has 0 aliphatic heterocycles.